The number of rotatable bonds is 3. The van der Waals surface area contributed by atoms with Gasteiger partial charge in [0.05, 0.1) is 0 Å². The molecule has 0 aliphatic carbocycles. The summed E-state index contributed by atoms with van der Waals surface area (Å²) in [5, 5.41) is 0. The summed E-state index contributed by atoms with van der Waals surface area (Å²) < 4.78 is 0. The molecule has 0 rings (SSSR count). The van der Waals surface area contributed by atoms with Gasteiger partial charge in [0.1, 0.15) is 0 Å². The van der Waals surface area contributed by atoms with E-state index < -0.39 is 8.80 Å². The fraction of sp³-hybridized carbons (Fsp3) is 0.818. The minimum absolute atomic E-state index is 0. The first kappa shape index (κ1) is 18.9. The van der Waals surface area contributed by atoms with Crippen LogP contribution >= 0.6 is 17.0 Å². The zero-order chi connectivity index (χ0) is 10.3. The SMILES string of the molecule is Br.C#C.CC(C)[SiH](C(C)C)C(C)C. The number of terminal acetylenes is 1. The smallest absolute Gasteiger partial charge is 0.0445 e. The molecule has 0 N–H and O–H groups in total. The second-order valence-corrected chi connectivity index (χ2v) is 9.46. The highest BCUT2D eigenvalue weighted by atomic mass is 79.9. The summed E-state index contributed by atoms with van der Waals surface area (Å²) in [7, 11) is -0.454. The van der Waals surface area contributed by atoms with Crippen molar-refractivity contribution < 1.29 is 0 Å². The van der Waals surface area contributed by atoms with E-state index in [1.807, 2.05) is 0 Å². The van der Waals surface area contributed by atoms with Crippen LogP contribution in [-0.2, 0) is 0 Å². The summed E-state index contributed by atoms with van der Waals surface area (Å²) in [6.07, 6.45) is 8.00. The molecule has 0 aliphatic heterocycles. The summed E-state index contributed by atoms with van der Waals surface area (Å²) in [6, 6.07) is 0. The van der Waals surface area contributed by atoms with Crippen LogP contribution in [0.2, 0.25) is 16.6 Å². The lowest BCUT2D eigenvalue weighted by Gasteiger charge is -2.26. The molecule has 0 aromatic carbocycles. The summed E-state index contributed by atoms with van der Waals surface area (Å²) in [4.78, 5) is 0. The van der Waals surface area contributed by atoms with Crippen LogP contribution in [0.3, 0.4) is 0 Å². The van der Waals surface area contributed by atoms with Gasteiger partial charge >= 0.3 is 0 Å². The molecule has 0 aromatic heterocycles. The maximum Gasteiger partial charge on any atom is 0.0445 e. The molecule has 0 aliphatic rings. The Morgan fingerprint density at radius 1 is 0.692 bits per heavy atom. The van der Waals surface area contributed by atoms with Crippen LogP contribution in [0.25, 0.3) is 0 Å². The standard InChI is InChI=1S/C9H22Si.C2H2.BrH/c1-7(2)10(8(3)4)9(5)6;1-2;/h7-10H,1-6H3;1-2H;1H. The van der Waals surface area contributed by atoms with Crippen molar-refractivity contribution in [2.75, 3.05) is 0 Å². The third-order valence-corrected chi connectivity index (χ3v) is 6.93. The van der Waals surface area contributed by atoms with Gasteiger partial charge < -0.3 is 0 Å². The van der Waals surface area contributed by atoms with E-state index in [-0.39, 0.29) is 17.0 Å². The second kappa shape index (κ2) is 10.3. The molecule has 13 heavy (non-hydrogen) atoms. The molecule has 0 radical (unpaired) electrons. The van der Waals surface area contributed by atoms with Crippen LogP contribution in [0.4, 0.5) is 0 Å². The second-order valence-electron chi connectivity index (χ2n) is 4.31. The average molecular weight is 265 g/mol. The predicted molar refractivity (Wildman–Crippen MR) is 72.7 cm³/mol. The Morgan fingerprint density at radius 2 is 0.846 bits per heavy atom. The molecule has 80 valence electrons. The van der Waals surface area contributed by atoms with Crippen molar-refractivity contribution in [3.63, 3.8) is 0 Å². The minimum atomic E-state index is -0.454. The van der Waals surface area contributed by atoms with Gasteiger partial charge in [-0.1, -0.05) is 58.2 Å². The molecule has 0 heterocycles. The molecule has 2 heteroatoms. The molecular formula is C11H25BrSi. The quantitative estimate of drug-likeness (QED) is 0.528. The third kappa shape index (κ3) is 8.58. The largest absolute Gasteiger partial charge is 0.124 e. The van der Waals surface area contributed by atoms with E-state index in [0.717, 1.165) is 16.6 Å². The molecule has 0 atom stereocenters. The predicted octanol–water partition coefficient (Wildman–Crippen LogP) is 4.27. The zero-order valence-corrected chi connectivity index (χ0v) is 12.7. The van der Waals surface area contributed by atoms with E-state index in [9.17, 15) is 0 Å². The normalized spacial score (nSPS) is 9.85. The highest BCUT2D eigenvalue weighted by Crippen LogP contribution is 2.28. The van der Waals surface area contributed by atoms with Crippen molar-refractivity contribution >= 4 is 25.8 Å². The Kier molecular flexibility index (Phi) is 15.1. The first-order valence-electron chi connectivity index (χ1n) is 4.80. The lowest BCUT2D eigenvalue weighted by molar-refractivity contribution is 0.863. The van der Waals surface area contributed by atoms with Gasteiger partial charge in [-0.05, 0) is 0 Å². The van der Waals surface area contributed by atoms with Crippen LogP contribution in [-0.4, -0.2) is 8.80 Å². The lowest BCUT2D eigenvalue weighted by Crippen LogP contribution is -2.24. The molecule has 0 aromatic rings. The molecular weight excluding hydrogens is 240 g/mol. The molecule has 0 fully saturated rings. The van der Waals surface area contributed by atoms with Crippen molar-refractivity contribution in [2.24, 2.45) is 0 Å². The maximum absolute atomic E-state index is 4.00. The lowest BCUT2D eigenvalue weighted by atomic mass is 10.5. The summed E-state index contributed by atoms with van der Waals surface area (Å²) >= 11 is 0. The van der Waals surface area contributed by atoms with Crippen molar-refractivity contribution in [1.82, 2.24) is 0 Å². The monoisotopic (exact) mass is 264 g/mol. The van der Waals surface area contributed by atoms with Gasteiger partial charge in [0.25, 0.3) is 0 Å². The van der Waals surface area contributed by atoms with Gasteiger partial charge in [-0.15, -0.1) is 29.8 Å². The Bertz CT molecular complexity index is 97.5. The van der Waals surface area contributed by atoms with Crippen molar-refractivity contribution in [1.29, 1.82) is 0 Å². The average Bonchev–Trinajstić information content (AvgIpc) is 1.88. The molecule has 0 amide bonds. The Labute approximate surface area is 96.9 Å². The van der Waals surface area contributed by atoms with Crippen molar-refractivity contribution in [3.05, 3.63) is 0 Å². The highest BCUT2D eigenvalue weighted by molar-refractivity contribution is 8.93. The van der Waals surface area contributed by atoms with E-state index >= 15 is 0 Å². The van der Waals surface area contributed by atoms with Crippen LogP contribution < -0.4 is 0 Å². The molecule has 0 spiro atoms. The van der Waals surface area contributed by atoms with E-state index in [1.165, 1.54) is 0 Å². The third-order valence-electron chi connectivity index (χ3n) is 2.31. The van der Waals surface area contributed by atoms with Gasteiger partial charge in [0, 0.05) is 8.80 Å². The molecule has 0 bridgehead atoms. The van der Waals surface area contributed by atoms with E-state index in [1.54, 1.807) is 0 Å². The molecule has 0 saturated carbocycles. The zero-order valence-electron chi connectivity index (χ0n) is 9.87. The number of halogens is 1. The van der Waals surface area contributed by atoms with Gasteiger partial charge in [0.2, 0.25) is 0 Å². The summed E-state index contributed by atoms with van der Waals surface area (Å²) in [6.45, 7) is 14.3. The van der Waals surface area contributed by atoms with Gasteiger partial charge in [-0.25, -0.2) is 0 Å². The van der Waals surface area contributed by atoms with Crippen LogP contribution in [0.5, 0.6) is 0 Å². The first-order chi connectivity index (χ1) is 5.46. The van der Waals surface area contributed by atoms with Crippen molar-refractivity contribution in [2.45, 2.75) is 58.2 Å². The summed E-state index contributed by atoms with van der Waals surface area (Å²) in [5.74, 6) is 0. The van der Waals surface area contributed by atoms with E-state index in [4.69, 9.17) is 0 Å². The fourth-order valence-corrected chi connectivity index (χ4v) is 6.93. The highest BCUT2D eigenvalue weighted by Gasteiger charge is 2.22. The van der Waals surface area contributed by atoms with Crippen LogP contribution in [0, 0.1) is 12.8 Å². The molecule has 0 saturated heterocycles. The number of hydrogen-bond donors (Lipinski definition) is 0. The molecule has 0 nitrogen and oxygen atoms in total. The Morgan fingerprint density at radius 3 is 0.846 bits per heavy atom. The maximum atomic E-state index is 4.00. The van der Waals surface area contributed by atoms with Gasteiger partial charge in [-0.3, -0.25) is 0 Å². The van der Waals surface area contributed by atoms with E-state index in [2.05, 4.69) is 54.4 Å². The minimum Gasteiger partial charge on any atom is -0.124 e. The topological polar surface area (TPSA) is 0 Å². The Hall–Kier alpha value is 0.257. The van der Waals surface area contributed by atoms with Crippen LogP contribution in [0.15, 0.2) is 0 Å². The Balaban J connectivity index is -0.000000309. The first-order valence-corrected chi connectivity index (χ1v) is 6.80. The van der Waals surface area contributed by atoms with Gasteiger partial charge in [0.15, 0.2) is 0 Å². The van der Waals surface area contributed by atoms with Crippen LogP contribution in [0.1, 0.15) is 41.5 Å². The van der Waals surface area contributed by atoms with Crippen molar-refractivity contribution in [3.8, 4) is 12.8 Å². The number of hydrogen-bond acceptors (Lipinski definition) is 0. The fourth-order valence-electron chi connectivity index (χ4n) is 2.31. The van der Waals surface area contributed by atoms with E-state index in [0.29, 0.717) is 0 Å². The summed E-state index contributed by atoms with van der Waals surface area (Å²) in [5.41, 5.74) is 2.92. The molecule has 0 unspecified atom stereocenters. The van der Waals surface area contributed by atoms with Gasteiger partial charge in [-0.2, -0.15) is 0 Å².